The quantitative estimate of drug-likeness (QED) is 0.407. The topological polar surface area (TPSA) is 106 Å². The maximum absolute atomic E-state index is 6.07. The van der Waals surface area contributed by atoms with Crippen LogP contribution in [0.25, 0.3) is 17.0 Å². The van der Waals surface area contributed by atoms with Crippen molar-refractivity contribution < 1.29 is 0 Å². The van der Waals surface area contributed by atoms with Crippen molar-refractivity contribution in [3.8, 4) is 11.4 Å². The molecule has 1 saturated carbocycles. The number of fused-ring (bicyclic) bond motifs is 1. The Labute approximate surface area is 191 Å². The molecule has 0 atom stereocenters. The first kappa shape index (κ1) is 20.7. The first-order valence-electron chi connectivity index (χ1n) is 10.8. The van der Waals surface area contributed by atoms with Gasteiger partial charge in [-0.2, -0.15) is 0 Å². The van der Waals surface area contributed by atoms with Crippen LogP contribution in [0.5, 0.6) is 0 Å². The first-order chi connectivity index (χ1) is 15.7. The third-order valence-electron chi connectivity index (χ3n) is 5.80. The molecule has 0 aliphatic heterocycles. The van der Waals surface area contributed by atoms with Gasteiger partial charge in [-0.15, -0.1) is 0 Å². The van der Waals surface area contributed by atoms with Crippen LogP contribution in [0.1, 0.15) is 31.2 Å². The van der Waals surface area contributed by atoms with Gasteiger partial charge in [0.25, 0.3) is 0 Å². The number of halogens is 1. The molecule has 1 aromatic carbocycles. The highest BCUT2D eigenvalue weighted by molar-refractivity contribution is 6.30. The molecule has 1 aliphatic rings. The van der Waals surface area contributed by atoms with Gasteiger partial charge in [-0.3, -0.25) is 4.40 Å². The fraction of sp³-hybridized carbons (Fsp3) is 0.304. The maximum Gasteiger partial charge on any atom is 0.223 e. The summed E-state index contributed by atoms with van der Waals surface area (Å²) in [6, 6.07) is 10.3. The second-order valence-electron chi connectivity index (χ2n) is 8.12. The zero-order valence-electron chi connectivity index (χ0n) is 17.6. The largest absolute Gasteiger partial charge is 0.364 e. The summed E-state index contributed by atoms with van der Waals surface area (Å²) in [4.78, 5) is 18.2. The van der Waals surface area contributed by atoms with Crippen LogP contribution in [0.4, 0.5) is 11.8 Å². The van der Waals surface area contributed by atoms with Gasteiger partial charge in [-0.25, -0.2) is 19.9 Å². The van der Waals surface area contributed by atoms with Crippen LogP contribution in [0.2, 0.25) is 5.02 Å². The van der Waals surface area contributed by atoms with Crippen molar-refractivity contribution in [2.24, 2.45) is 5.73 Å². The molecule has 0 saturated heterocycles. The molecule has 1 aliphatic carbocycles. The Bertz CT molecular complexity index is 1220. The lowest BCUT2D eigenvalue weighted by atomic mass is 9.92. The maximum atomic E-state index is 6.07. The molecular formula is C23H25ClN8. The van der Waals surface area contributed by atoms with Crippen LogP contribution in [0.15, 0.2) is 55.1 Å². The van der Waals surface area contributed by atoms with Gasteiger partial charge in [0.05, 0.1) is 17.6 Å². The number of hydrogen-bond donors (Lipinski definition) is 3. The van der Waals surface area contributed by atoms with E-state index in [4.69, 9.17) is 17.3 Å². The number of nitrogens with one attached hydrogen (secondary N) is 2. The fourth-order valence-corrected chi connectivity index (χ4v) is 4.29. The molecule has 8 nitrogen and oxygen atoms in total. The highest BCUT2D eigenvalue weighted by Gasteiger charge is 2.20. The number of rotatable bonds is 6. The summed E-state index contributed by atoms with van der Waals surface area (Å²) in [7, 11) is 0. The van der Waals surface area contributed by atoms with Gasteiger partial charge in [0.1, 0.15) is 0 Å². The van der Waals surface area contributed by atoms with E-state index in [9.17, 15) is 0 Å². The molecule has 0 bridgehead atoms. The van der Waals surface area contributed by atoms with Crippen LogP contribution in [-0.2, 0) is 6.54 Å². The number of anilines is 2. The summed E-state index contributed by atoms with van der Waals surface area (Å²) in [5.41, 5.74) is 9.54. The molecule has 9 heteroatoms. The molecule has 1 fully saturated rings. The van der Waals surface area contributed by atoms with Crippen molar-refractivity contribution in [2.75, 3.05) is 10.6 Å². The molecule has 32 heavy (non-hydrogen) atoms. The van der Waals surface area contributed by atoms with Crippen LogP contribution >= 0.6 is 11.6 Å². The Hall–Kier alpha value is -3.23. The van der Waals surface area contributed by atoms with E-state index in [1.165, 1.54) is 0 Å². The lowest BCUT2D eigenvalue weighted by Gasteiger charge is -2.27. The summed E-state index contributed by atoms with van der Waals surface area (Å²) >= 11 is 6.07. The standard InChI is InChI=1S/C23H25ClN8/c24-16-3-1-2-15(12-16)13-29-23-27-9-8-19(31-23)20-14-28-22-21(26-10-11-32(20)22)30-18-6-4-17(25)5-7-18/h1-3,8-12,14,17-18H,4-7,13,25H2,(H,26,30)(H,27,29,31)/t17-,18-. The Kier molecular flexibility index (Phi) is 5.87. The average molecular weight is 449 g/mol. The van der Waals surface area contributed by atoms with E-state index >= 15 is 0 Å². The lowest BCUT2D eigenvalue weighted by molar-refractivity contribution is 0.410. The summed E-state index contributed by atoms with van der Waals surface area (Å²) in [5.74, 6) is 1.33. The van der Waals surface area contributed by atoms with E-state index in [1.807, 2.05) is 47.1 Å². The molecule has 4 aromatic rings. The molecule has 3 aromatic heterocycles. The van der Waals surface area contributed by atoms with Gasteiger partial charge in [0.15, 0.2) is 11.5 Å². The predicted molar refractivity (Wildman–Crippen MR) is 127 cm³/mol. The van der Waals surface area contributed by atoms with Gasteiger partial charge in [0, 0.05) is 42.2 Å². The van der Waals surface area contributed by atoms with Crippen LogP contribution < -0.4 is 16.4 Å². The Balaban J connectivity index is 1.36. The minimum Gasteiger partial charge on any atom is -0.364 e. The molecule has 0 amide bonds. The lowest BCUT2D eigenvalue weighted by Crippen LogP contribution is -2.33. The smallest absolute Gasteiger partial charge is 0.223 e. The van der Waals surface area contributed by atoms with Gasteiger partial charge < -0.3 is 16.4 Å². The van der Waals surface area contributed by atoms with Gasteiger partial charge in [0.2, 0.25) is 5.95 Å². The second-order valence-corrected chi connectivity index (χ2v) is 8.55. The monoisotopic (exact) mass is 448 g/mol. The molecule has 5 rings (SSSR count). The van der Waals surface area contributed by atoms with E-state index in [1.54, 1.807) is 12.4 Å². The van der Waals surface area contributed by atoms with Gasteiger partial charge in [-0.05, 0) is 49.4 Å². The van der Waals surface area contributed by atoms with E-state index in [2.05, 4.69) is 30.6 Å². The number of aromatic nitrogens is 5. The number of nitrogens with two attached hydrogens (primary N) is 1. The SMILES string of the molecule is N[C@H]1CC[C@H](Nc2nccn3c(-c4ccnc(NCc5cccc(Cl)c5)n4)cnc23)CC1. The predicted octanol–water partition coefficient (Wildman–Crippen LogP) is 4.13. The highest BCUT2D eigenvalue weighted by atomic mass is 35.5. The Morgan fingerprint density at radius 1 is 1.06 bits per heavy atom. The van der Waals surface area contributed by atoms with Gasteiger partial charge in [-0.1, -0.05) is 23.7 Å². The normalized spacial score (nSPS) is 18.6. The van der Waals surface area contributed by atoms with Crippen LogP contribution in [0, 0.1) is 0 Å². The van der Waals surface area contributed by atoms with Crippen molar-refractivity contribution in [1.29, 1.82) is 0 Å². The molecule has 164 valence electrons. The van der Waals surface area contributed by atoms with E-state index in [0.29, 0.717) is 29.6 Å². The molecule has 0 spiro atoms. The molecular weight excluding hydrogens is 424 g/mol. The Morgan fingerprint density at radius 3 is 2.78 bits per heavy atom. The summed E-state index contributed by atoms with van der Waals surface area (Å²) in [5, 5.41) is 7.53. The number of benzene rings is 1. The van der Waals surface area contributed by atoms with Crippen LogP contribution in [-0.4, -0.2) is 36.4 Å². The van der Waals surface area contributed by atoms with Crippen molar-refractivity contribution >= 4 is 29.0 Å². The number of hydrogen-bond acceptors (Lipinski definition) is 7. The minimum absolute atomic E-state index is 0.314. The minimum atomic E-state index is 0.314. The molecule has 0 unspecified atom stereocenters. The molecule has 4 N–H and O–H groups in total. The molecule has 3 heterocycles. The average Bonchev–Trinajstić information content (AvgIpc) is 3.25. The zero-order chi connectivity index (χ0) is 21.9. The number of imidazole rings is 1. The summed E-state index contributed by atoms with van der Waals surface area (Å²) in [6.45, 7) is 0.584. The fourth-order valence-electron chi connectivity index (χ4n) is 4.08. The van der Waals surface area contributed by atoms with Crippen molar-refractivity contribution in [3.05, 3.63) is 65.7 Å². The summed E-state index contributed by atoms with van der Waals surface area (Å²) < 4.78 is 2.01. The van der Waals surface area contributed by atoms with Crippen molar-refractivity contribution in [3.63, 3.8) is 0 Å². The van der Waals surface area contributed by atoms with Crippen LogP contribution in [0.3, 0.4) is 0 Å². The third kappa shape index (κ3) is 4.51. The van der Waals surface area contributed by atoms with Crippen molar-refractivity contribution in [2.45, 2.75) is 44.3 Å². The summed E-state index contributed by atoms with van der Waals surface area (Å²) in [6.07, 6.45) is 11.4. The highest BCUT2D eigenvalue weighted by Crippen LogP contribution is 2.25. The van der Waals surface area contributed by atoms with Crippen molar-refractivity contribution in [1.82, 2.24) is 24.3 Å². The van der Waals surface area contributed by atoms with Gasteiger partial charge >= 0.3 is 0 Å². The second kappa shape index (κ2) is 9.10. The van der Waals surface area contributed by atoms with E-state index < -0.39 is 0 Å². The van der Waals surface area contributed by atoms with E-state index in [0.717, 1.165) is 54.1 Å². The number of nitrogens with zero attached hydrogens (tertiary/aromatic N) is 5. The third-order valence-corrected chi connectivity index (χ3v) is 6.03. The van der Waals surface area contributed by atoms with E-state index in [-0.39, 0.29) is 0 Å². The first-order valence-corrected chi connectivity index (χ1v) is 11.2. The zero-order valence-corrected chi connectivity index (χ0v) is 18.3. The molecule has 0 radical (unpaired) electrons. The Morgan fingerprint density at radius 2 is 1.94 bits per heavy atom.